The molecule has 39 heavy (non-hydrogen) atoms. The van der Waals surface area contributed by atoms with Crippen LogP contribution in [0.4, 0.5) is 24.8 Å². The number of hydrogen-bond acceptors (Lipinski definition) is 8. The lowest BCUT2D eigenvalue weighted by Crippen LogP contribution is -2.36. The number of methoxy groups -OCH3 is 2. The van der Waals surface area contributed by atoms with Gasteiger partial charge in [-0.2, -0.15) is 9.97 Å². The topological polar surface area (TPSA) is 106 Å². The van der Waals surface area contributed by atoms with Crippen LogP contribution in [0.3, 0.4) is 0 Å². The second kappa shape index (κ2) is 11.3. The number of benzene rings is 2. The Hall–Kier alpha value is -4.22. The Balaban J connectivity index is 1.50. The fraction of sp³-hybridized carbons (Fsp3) is 0.370. The lowest BCUT2D eigenvalue weighted by atomic mass is 9.74. The summed E-state index contributed by atoms with van der Waals surface area (Å²) < 4.78 is 51.8. The van der Waals surface area contributed by atoms with Gasteiger partial charge in [0.1, 0.15) is 23.1 Å². The van der Waals surface area contributed by atoms with E-state index in [0.29, 0.717) is 36.9 Å². The van der Waals surface area contributed by atoms with E-state index in [2.05, 4.69) is 20.0 Å². The van der Waals surface area contributed by atoms with Gasteiger partial charge in [0.2, 0.25) is 0 Å². The predicted octanol–water partition coefficient (Wildman–Crippen LogP) is 4.53. The smallest absolute Gasteiger partial charge is 0.496 e. The van der Waals surface area contributed by atoms with Crippen LogP contribution < -0.4 is 24.4 Å². The summed E-state index contributed by atoms with van der Waals surface area (Å²) in [7, 11) is 3.00. The molecule has 2 aromatic carbocycles. The predicted molar refractivity (Wildman–Crippen MR) is 138 cm³/mol. The monoisotopic (exact) mass is 546 g/mol. The fourth-order valence-electron chi connectivity index (χ4n) is 4.86. The Morgan fingerprint density at radius 1 is 1.13 bits per heavy atom. The molecule has 0 bridgehead atoms. The number of nitrogens with zero attached hydrogens (tertiary/aromatic N) is 3. The molecule has 12 heteroatoms. The fourth-order valence-corrected chi connectivity index (χ4v) is 4.86. The first-order valence-electron chi connectivity index (χ1n) is 12.2. The summed E-state index contributed by atoms with van der Waals surface area (Å²) in [6.07, 6.45) is -4.23. The van der Waals surface area contributed by atoms with Crippen LogP contribution in [0.2, 0.25) is 0 Å². The molecule has 4 rings (SSSR count). The van der Waals surface area contributed by atoms with E-state index < -0.39 is 23.7 Å². The van der Waals surface area contributed by atoms with Crippen molar-refractivity contribution in [2.24, 2.45) is 5.92 Å². The molecule has 1 aliphatic rings. The van der Waals surface area contributed by atoms with E-state index in [9.17, 15) is 23.1 Å². The molecule has 1 aliphatic heterocycles. The molecule has 0 radical (unpaired) electrons. The lowest BCUT2D eigenvalue weighted by molar-refractivity contribution is -0.274. The van der Waals surface area contributed by atoms with Crippen molar-refractivity contribution in [1.29, 1.82) is 0 Å². The number of ether oxygens (including phenoxy) is 3. The van der Waals surface area contributed by atoms with Gasteiger partial charge < -0.3 is 29.5 Å². The van der Waals surface area contributed by atoms with Crippen LogP contribution in [-0.2, 0) is 16.6 Å². The summed E-state index contributed by atoms with van der Waals surface area (Å²) in [4.78, 5) is 23.0. The zero-order chi connectivity index (χ0) is 28.2. The number of alkyl halides is 3. The van der Waals surface area contributed by atoms with Gasteiger partial charge in [-0.3, -0.25) is 4.79 Å². The van der Waals surface area contributed by atoms with Gasteiger partial charge >= 0.3 is 18.3 Å². The van der Waals surface area contributed by atoms with Crippen LogP contribution in [0.5, 0.6) is 17.5 Å². The van der Waals surface area contributed by atoms with Crippen LogP contribution in [0.15, 0.2) is 54.6 Å². The summed E-state index contributed by atoms with van der Waals surface area (Å²) in [5.41, 5.74) is 0.842. The van der Waals surface area contributed by atoms with Crippen LogP contribution in [-0.4, -0.2) is 61.3 Å². The van der Waals surface area contributed by atoms with Gasteiger partial charge in [-0.05, 0) is 30.2 Å². The first-order valence-corrected chi connectivity index (χ1v) is 12.2. The van der Waals surface area contributed by atoms with Gasteiger partial charge in [0.05, 0.1) is 20.1 Å². The highest BCUT2D eigenvalue weighted by atomic mass is 19.4. The minimum Gasteiger partial charge on any atom is -0.496 e. The second-order valence-corrected chi connectivity index (χ2v) is 9.36. The molecule has 2 unspecified atom stereocenters. The summed E-state index contributed by atoms with van der Waals surface area (Å²) >= 11 is 0. The summed E-state index contributed by atoms with van der Waals surface area (Å²) in [5.74, 6) is -0.342. The number of rotatable bonds is 10. The van der Waals surface area contributed by atoms with Crippen molar-refractivity contribution in [1.82, 2.24) is 9.97 Å². The SMILES string of the molecule is COc1nc(NCCc2ccc(OC(F)(F)F)cc2)cc(N2CC(C(=O)O)C(C)(c3ccccc3OC)C2)n1. The number of carboxylic acid groups (broad SMARTS) is 1. The average Bonchev–Trinajstić information content (AvgIpc) is 3.27. The molecule has 1 fully saturated rings. The van der Waals surface area contributed by atoms with Gasteiger partial charge in [-0.15, -0.1) is 13.2 Å². The first-order chi connectivity index (χ1) is 18.5. The van der Waals surface area contributed by atoms with Gasteiger partial charge in [0, 0.05) is 36.7 Å². The zero-order valence-corrected chi connectivity index (χ0v) is 21.7. The van der Waals surface area contributed by atoms with Gasteiger partial charge in [0.15, 0.2) is 0 Å². The van der Waals surface area contributed by atoms with Gasteiger partial charge in [-0.1, -0.05) is 37.3 Å². The van der Waals surface area contributed by atoms with Crippen LogP contribution >= 0.6 is 0 Å². The molecule has 0 amide bonds. The second-order valence-electron chi connectivity index (χ2n) is 9.36. The van der Waals surface area contributed by atoms with Crippen LogP contribution in [0.25, 0.3) is 0 Å². The van der Waals surface area contributed by atoms with Crippen molar-refractivity contribution in [2.75, 3.05) is 44.1 Å². The van der Waals surface area contributed by atoms with Crippen molar-refractivity contribution in [3.63, 3.8) is 0 Å². The highest BCUT2D eigenvalue weighted by molar-refractivity contribution is 5.75. The summed E-state index contributed by atoms with van der Waals surface area (Å²) in [5, 5.41) is 13.3. The standard InChI is InChI=1S/C27H29F3N4O5/c1-26(19-6-4-5-7-21(19)37-2)16-34(15-20(26)24(35)36)23-14-22(32-25(33-23)38-3)31-13-12-17-8-10-18(11-9-17)39-27(28,29)30/h4-11,14,20H,12-13,15-16H2,1-3H3,(H,35,36)(H,31,32,33). The highest BCUT2D eigenvalue weighted by Crippen LogP contribution is 2.44. The molecule has 2 heterocycles. The van der Waals surface area contributed by atoms with E-state index in [1.54, 1.807) is 25.3 Å². The van der Waals surface area contributed by atoms with Crippen molar-refractivity contribution < 1.29 is 37.3 Å². The minimum atomic E-state index is -4.74. The Kier molecular flexibility index (Phi) is 8.03. The van der Waals surface area contributed by atoms with E-state index in [-0.39, 0.29) is 18.3 Å². The number of nitrogens with one attached hydrogen (secondary N) is 1. The molecule has 208 valence electrons. The van der Waals surface area contributed by atoms with Crippen molar-refractivity contribution in [2.45, 2.75) is 25.1 Å². The highest BCUT2D eigenvalue weighted by Gasteiger charge is 2.50. The Morgan fingerprint density at radius 2 is 1.85 bits per heavy atom. The van der Waals surface area contributed by atoms with E-state index in [0.717, 1.165) is 11.1 Å². The molecule has 1 aromatic heterocycles. The molecule has 2 atom stereocenters. The quantitative estimate of drug-likeness (QED) is 0.380. The third kappa shape index (κ3) is 6.44. The van der Waals surface area contributed by atoms with Gasteiger partial charge in [-0.25, -0.2) is 0 Å². The Bertz CT molecular complexity index is 1310. The first kappa shape index (κ1) is 27.8. The molecule has 2 N–H and O–H groups in total. The van der Waals surface area contributed by atoms with Crippen molar-refractivity contribution in [3.05, 3.63) is 65.7 Å². The Morgan fingerprint density at radius 3 is 2.49 bits per heavy atom. The average molecular weight is 547 g/mol. The maximum atomic E-state index is 12.4. The molecule has 0 saturated carbocycles. The van der Waals surface area contributed by atoms with Crippen LogP contribution in [0, 0.1) is 5.92 Å². The van der Waals surface area contributed by atoms with E-state index in [4.69, 9.17) is 9.47 Å². The number of anilines is 2. The zero-order valence-electron chi connectivity index (χ0n) is 21.7. The number of halogens is 3. The van der Waals surface area contributed by atoms with E-state index in [1.165, 1.54) is 19.2 Å². The van der Waals surface area contributed by atoms with Crippen molar-refractivity contribution >= 4 is 17.6 Å². The molecule has 1 saturated heterocycles. The number of carbonyl (C=O) groups is 1. The molecule has 3 aromatic rings. The molecule has 0 spiro atoms. The largest absolute Gasteiger partial charge is 0.573 e. The minimum absolute atomic E-state index is 0.112. The van der Waals surface area contributed by atoms with Crippen molar-refractivity contribution in [3.8, 4) is 17.5 Å². The van der Waals surface area contributed by atoms with Crippen LogP contribution in [0.1, 0.15) is 18.1 Å². The van der Waals surface area contributed by atoms with E-state index >= 15 is 0 Å². The third-order valence-electron chi connectivity index (χ3n) is 6.79. The third-order valence-corrected chi connectivity index (χ3v) is 6.79. The maximum absolute atomic E-state index is 12.4. The number of aromatic nitrogens is 2. The summed E-state index contributed by atoms with van der Waals surface area (Å²) in [6, 6.07) is 14.9. The molecular weight excluding hydrogens is 517 g/mol. The number of para-hydroxylation sites is 1. The number of aliphatic carboxylic acids is 1. The van der Waals surface area contributed by atoms with Gasteiger partial charge in [0.25, 0.3) is 0 Å². The number of carboxylic acids is 1. The molecule has 9 nitrogen and oxygen atoms in total. The maximum Gasteiger partial charge on any atom is 0.573 e. The molecule has 0 aliphatic carbocycles. The molecular formula is C27H29F3N4O5. The lowest BCUT2D eigenvalue weighted by Gasteiger charge is -2.30. The number of hydrogen-bond donors (Lipinski definition) is 2. The van der Waals surface area contributed by atoms with E-state index in [1.807, 2.05) is 36.1 Å². The Labute approximate surface area is 223 Å². The summed E-state index contributed by atoms with van der Waals surface area (Å²) in [6.45, 7) is 2.92. The normalized spacial score (nSPS) is 19.0.